The minimum absolute atomic E-state index is 0.228. The first-order valence-electron chi connectivity index (χ1n) is 6.00. The van der Waals surface area contributed by atoms with Gasteiger partial charge < -0.3 is 15.1 Å². The average molecular weight is 251 g/mol. The number of rotatable bonds is 5. The molecule has 0 aliphatic rings. The van der Waals surface area contributed by atoms with Gasteiger partial charge in [-0.15, -0.1) is 0 Å². The van der Waals surface area contributed by atoms with Crippen molar-refractivity contribution in [3.63, 3.8) is 0 Å². The van der Waals surface area contributed by atoms with Gasteiger partial charge in [-0.3, -0.25) is 4.79 Å². The summed E-state index contributed by atoms with van der Waals surface area (Å²) in [4.78, 5) is 12.4. The number of hydrogen-bond acceptors (Lipinski definition) is 3. The molecule has 1 aromatic carbocycles. The summed E-state index contributed by atoms with van der Waals surface area (Å²) < 4.78 is 0. The predicted octanol–water partition coefficient (Wildman–Crippen LogP) is 1.88. The van der Waals surface area contributed by atoms with Crippen LogP contribution in [-0.2, 0) is 4.79 Å². The number of nitrogens with zero attached hydrogens (tertiary/aromatic N) is 1. The van der Waals surface area contributed by atoms with Gasteiger partial charge >= 0.3 is 5.97 Å². The molecule has 0 saturated carbocycles. The van der Waals surface area contributed by atoms with Crippen LogP contribution in [0.3, 0.4) is 0 Å². The van der Waals surface area contributed by atoms with Gasteiger partial charge in [0.25, 0.3) is 0 Å². The van der Waals surface area contributed by atoms with Crippen LogP contribution in [0.1, 0.15) is 23.1 Å². The summed E-state index contributed by atoms with van der Waals surface area (Å²) in [7, 11) is 1.86. The summed E-state index contributed by atoms with van der Waals surface area (Å²) in [6, 6.07) is 4.04. The van der Waals surface area contributed by atoms with E-state index in [1.165, 1.54) is 16.7 Å². The molecule has 1 aromatic rings. The SMILES string of the molecule is Cc1ccc(N(C)CC(O)CC(=O)O)c(C)c1C. The van der Waals surface area contributed by atoms with E-state index < -0.39 is 12.1 Å². The highest BCUT2D eigenvalue weighted by Crippen LogP contribution is 2.24. The number of aliphatic carboxylic acids is 1. The second-order valence-electron chi connectivity index (χ2n) is 4.78. The maximum absolute atomic E-state index is 10.5. The molecular weight excluding hydrogens is 230 g/mol. The molecule has 0 fully saturated rings. The maximum atomic E-state index is 10.5. The van der Waals surface area contributed by atoms with Crippen LogP contribution in [0.25, 0.3) is 0 Å². The first-order valence-corrected chi connectivity index (χ1v) is 6.00. The fourth-order valence-electron chi connectivity index (χ4n) is 2.04. The van der Waals surface area contributed by atoms with Crippen LogP contribution in [0.2, 0.25) is 0 Å². The van der Waals surface area contributed by atoms with Gasteiger partial charge in [0.15, 0.2) is 0 Å². The molecule has 0 heterocycles. The molecule has 4 nitrogen and oxygen atoms in total. The van der Waals surface area contributed by atoms with Crippen LogP contribution in [0.4, 0.5) is 5.69 Å². The molecule has 100 valence electrons. The number of hydrogen-bond donors (Lipinski definition) is 2. The van der Waals surface area contributed by atoms with Gasteiger partial charge in [-0.2, -0.15) is 0 Å². The van der Waals surface area contributed by atoms with Gasteiger partial charge in [-0.05, 0) is 43.5 Å². The second-order valence-corrected chi connectivity index (χ2v) is 4.78. The molecular formula is C14H21NO3. The van der Waals surface area contributed by atoms with E-state index in [1.54, 1.807) is 0 Å². The lowest BCUT2D eigenvalue weighted by atomic mass is 10.0. The van der Waals surface area contributed by atoms with Crippen molar-refractivity contribution < 1.29 is 15.0 Å². The summed E-state index contributed by atoms with van der Waals surface area (Å²) in [6.07, 6.45) is -1.08. The molecule has 1 atom stereocenters. The molecule has 0 amide bonds. The van der Waals surface area contributed by atoms with Gasteiger partial charge in [-0.25, -0.2) is 0 Å². The van der Waals surface area contributed by atoms with E-state index in [4.69, 9.17) is 5.11 Å². The molecule has 4 heteroatoms. The van der Waals surface area contributed by atoms with Crippen LogP contribution < -0.4 is 4.90 Å². The summed E-state index contributed by atoms with van der Waals surface area (Å²) in [5, 5.41) is 18.3. The van der Waals surface area contributed by atoms with Crippen molar-refractivity contribution in [3.8, 4) is 0 Å². The number of carboxylic acids is 1. The lowest BCUT2D eigenvalue weighted by Gasteiger charge is -2.25. The molecule has 0 bridgehead atoms. The van der Waals surface area contributed by atoms with Crippen molar-refractivity contribution in [2.75, 3.05) is 18.5 Å². The largest absolute Gasteiger partial charge is 0.481 e. The van der Waals surface area contributed by atoms with Gasteiger partial charge in [0.1, 0.15) is 0 Å². The number of anilines is 1. The summed E-state index contributed by atoms with van der Waals surface area (Å²) >= 11 is 0. The Bertz CT molecular complexity index is 443. The Labute approximate surface area is 108 Å². The predicted molar refractivity (Wildman–Crippen MR) is 72.2 cm³/mol. The zero-order valence-corrected chi connectivity index (χ0v) is 11.4. The number of carbonyl (C=O) groups is 1. The van der Waals surface area contributed by atoms with Crippen LogP contribution in [-0.4, -0.2) is 35.9 Å². The molecule has 18 heavy (non-hydrogen) atoms. The van der Waals surface area contributed by atoms with Crippen molar-refractivity contribution in [3.05, 3.63) is 28.8 Å². The van der Waals surface area contributed by atoms with E-state index in [0.29, 0.717) is 6.54 Å². The molecule has 2 N–H and O–H groups in total. The van der Waals surface area contributed by atoms with Gasteiger partial charge in [0.05, 0.1) is 12.5 Å². The molecule has 0 radical (unpaired) electrons. The third-order valence-electron chi connectivity index (χ3n) is 3.34. The first kappa shape index (κ1) is 14.5. The third kappa shape index (κ3) is 3.47. The zero-order valence-electron chi connectivity index (χ0n) is 11.4. The minimum atomic E-state index is -0.979. The Morgan fingerprint density at radius 1 is 1.28 bits per heavy atom. The van der Waals surface area contributed by atoms with Gasteiger partial charge in [0.2, 0.25) is 0 Å². The summed E-state index contributed by atoms with van der Waals surface area (Å²) in [5.41, 5.74) is 4.66. The van der Waals surface area contributed by atoms with Crippen molar-refractivity contribution in [2.45, 2.75) is 33.3 Å². The number of aliphatic hydroxyl groups is 1. The highest BCUT2D eigenvalue weighted by atomic mass is 16.4. The number of carboxylic acid groups (broad SMARTS) is 1. The average Bonchev–Trinajstić information content (AvgIpc) is 2.24. The van der Waals surface area contributed by atoms with Crippen LogP contribution in [0.5, 0.6) is 0 Å². The van der Waals surface area contributed by atoms with Crippen LogP contribution in [0, 0.1) is 20.8 Å². The smallest absolute Gasteiger partial charge is 0.306 e. The van der Waals surface area contributed by atoms with Crippen molar-refractivity contribution in [1.29, 1.82) is 0 Å². The molecule has 0 spiro atoms. The monoisotopic (exact) mass is 251 g/mol. The molecule has 1 rings (SSSR count). The summed E-state index contributed by atoms with van der Waals surface area (Å²) in [5.74, 6) is -0.979. The van der Waals surface area contributed by atoms with Gasteiger partial charge in [0, 0.05) is 19.3 Å². The Morgan fingerprint density at radius 3 is 2.44 bits per heavy atom. The minimum Gasteiger partial charge on any atom is -0.481 e. The Hall–Kier alpha value is -1.55. The molecule has 0 aliphatic carbocycles. The Kier molecular flexibility index (Phi) is 4.73. The molecule has 1 unspecified atom stereocenters. The standard InChI is InChI=1S/C14H21NO3/c1-9-5-6-13(11(3)10(9)2)15(4)8-12(16)7-14(17)18/h5-6,12,16H,7-8H2,1-4H3,(H,17,18). The van der Waals surface area contributed by atoms with E-state index in [-0.39, 0.29) is 6.42 Å². The van der Waals surface area contributed by atoms with Gasteiger partial charge in [-0.1, -0.05) is 6.07 Å². The number of benzene rings is 1. The lowest BCUT2D eigenvalue weighted by molar-refractivity contribution is -0.139. The van der Waals surface area contributed by atoms with E-state index in [1.807, 2.05) is 31.0 Å². The van der Waals surface area contributed by atoms with Crippen molar-refractivity contribution in [1.82, 2.24) is 0 Å². The van der Waals surface area contributed by atoms with Crippen LogP contribution in [0.15, 0.2) is 12.1 Å². The third-order valence-corrected chi connectivity index (χ3v) is 3.34. The van der Waals surface area contributed by atoms with E-state index in [0.717, 1.165) is 5.69 Å². The Balaban J connectivity index is 2.81. The number of aliphatic hydroxyl groups excluding tert-OH is 1. The second kappa shape index (κ2) is 5.87. The lowest BCUT2D eigenvalue weighted by Crippen LogP contribution is -2.31. The number of likely N-dealkylation sites (N-methyl/N-ethyl adjacent to an activating group) is 1. The number of aryl methyl sites for hydroxylation is 1. The summed E-state index contributed by atoms with van der Waals surface area (Å²) in [6.45, 7) is 6.48. The van der Waals surface area contributed by atoms with E-state index >= 15 is 0 Å². The first-order chi connectivity index (χ1) is 8.32. The molecule has 0 saturated heterocycles. The fraction of sp³-hybridized carbons (Fsp3) is 0.500. The molecule has 0 aliphatic heterocycles. The highest BCUT2D eigenvalue weighted by molar-refractivity contribution is 5.67. The maximum Gasteiger partial charge on any atom is 0.306 e. The van der Waals surface area contributed by atoms with Crippen LogP contribution >= 0.6 is 0 Å². The Morgan fingerprint density at radius 2 is 1.89 bits per heavy atom. The molecule has 0 aromatic heterocycles. The van der Waals surface area contributed by atoms with E-state index in [9.17, 15) is 9.90 Å². The quantitative estimate of drug-likeness (QED) is 0.839. The highest BCUT2D eigenvalue weighted by Gasteiger charge is 2.14. The normalized spacial score (nSPS) is 12.3. The zero-order chi connectivity index (χ0) is 13.9. The van der Waals surface area contributed by atoms with Crippen molar-refractivity contribution >= 4 is 11.7 Å². The topological polar surface area (TPSA) is 60.8 Å². The van der Waals surface area contributed by atoms with Crippen molar-refractivity contribution in [2.24, 2.45) is 0 Å². The van der Waals surface area contributed by atoms with E-state index in [2.05, 4.69) is 13.8 Å². The fourth-order valence-corrected chi connectivity index (χ4v) is 2.04.